The van der Waals surface area contributed by atoms with Gasteiger partial charge in [-0.25, -0.2) is 0 Å². The second kappa shape index (κ2) is 10.1. The molecule has 3 aromatic rings. The molecule has 0 aliphatic carbocycles. The fraction of sp³-hybridized carbons (Fsp3) is 0.261. The van der Waals surface area contributed by atoms with E-state index in [1.54, 1.807) is 26.4 Å². The Morgan fingerprint density at radius 2 is 1.87 bits per heavy atom. The van der Waals surface area contributed by atoms with E-state index >= 15 is 0 Å². The number of hydrogen-bond acceptors (Lipinski definition) is 5. The van der Waals surface area contributed by atoms with Crippen LogP contribution in [-0.2, 0) is 23.0 Å². The van der Waals surface area contributed by atoms with Crippen LogP contribution in [0.5, 0.6) is 11.5 Å². The topological polar surface area (TPSA) is 77.8 Å². The van der Waals surface area contributed by atoms with E-state index in [2.05, 4.69) is 5.32 Å². The summed E-state index contributed by atoms with van der Waals surface area (Å²) in [7, 11) is 1.97. The molecule has 3 rings (SSSR count). The molecule has 158 valence electrons. The zero-order chi connectivity index (χ0) is 21.5. The van der Waals surface area contributed by atoms with Crippen molar-refractivity contribution >= 4 is 16.7 Å². The Bertz CT molecular complexity index is 1040. The lowest BCUT2D eigenvalue weighted by Gasteiger charge is -2.10. The third-order valence-electron chi connectivity index (χ3n) is 4.67. The van der Waals surface area contributed by atoms with Crippen molar-refractivity contribution in [2.24, 2.45) is 0 Å². The van der Waals surface area contributed by atoms with Crippen LogP contribution >= 0.6 is 0 Å². The molecule has 1 atom stereocenters. The lowest BCUT2D eigenvalue weighted by Crippen LogP contribution is -2.25. The number of furan rings is 1. The summed E-state index contributed by atoms with van der Waals surface area (Å²) in [6.07, 6.45) is 0.601. The van der Waals surface area contributed by atoms with Crippen molar-refractivity contribution in [1.29, 1.82) is 0 Å². The molecule has 0 aliphatic heterocycles. The second-order valence-electron chi connectivity index (χ2n) is 6.70. The maximum Gasteiger partial charge on any atom is 0.287 e. The first kappa shape index (κ1) is 21.6. The Kier molecular flexibility index (Phi) is 7.30. The van der Waals surface area contributed by atoms with Crippen molar-refractivity contribution in [1.82, 2.24) is 5.32 Å². The Morgan fingerprint density at radius 3 is 2.60 bits per heavy atom. The zero-order valence-corrected chi connectivity index (χ0v) is 18.1. The van der Waals surface area contributed by atoms with Crippen molar-refractivity contribution in [2.75, 3.05) is 20.8 Å². The predicted molar refractivity (Wildman–Crippen MR) is 116 cm³/mol. The number of carbonyl (C=O) groups is 1. The molecule has 0 spiro atoms. The summed E-state index contributed by atoms with van der Waals surface area (Å²) >= 11 is 0. The number of methoxy groups -OCH3 is 2. The average Bonchev–Trinajstić information content (AvgIpc) is 3.22. The SMILES string of the molecule is COc1ccc(CCNC(=O)c2ccc(C[S@@](=O)c3ccccc3C)o2)c(OC)c1. The van der Waals surface area contributed by atoms with Crippen LogP contribution in [0.1, 0.15) is 27.4 Å². The summed E-state index contributed by atoms with van der Waals surface area (Å²) in [6, 6.07) is 16.4. The molecular formula is C23H25NO5S. The molecule has 0 bridgehead atoms. The monoisotopic (exact) mass is 427 g/mol. The van der Waals surface area contributed by atoms with Crippen LogP contribution in [0.25, 0.3) is 0 Å². The number of amides is 1. The van der Waals surface area contributed by atoms with E-state index in [1.165, 1.54) is 0 Å². The molecule has 0 aliphatic rings. The van der Waals surface area contributed by atoms with Gasteiger partial charge in [0.25, 0.3) is 5.91 Å². The summed E-state index contributed by atoms with van der Waals surface area (Å²) in [5, 5.41) is 2.84. The van der Waals surface area contributed by atoms with Gasteiger partial charge in [-0.3, -0.25) is 9.00 Å². The molecule has 1 N–H and O–H groups in total. The lowest BCUT2D eigenvalue weighted by molar-refractivity contribution is 0.0925. The maximum atomic E-state index is 12.6. The van der Waals surface area contributed by atoms with E-state index in [1.807, 2.05) is 49.4 Å². The van der Waals surface area contributed by atoms with Crippen molar-refractivity contribution < 1.29 is 22.9 Å². The molecule has 0 saturated carbocycles. The Morgan fingerprint density at radius 1 is 1.07 bits per heavy atom. The molecule has 30 heavy (non-hydrogen) atoms. The first-order chi connectivity index (χ1) is 14.5. The summed E-state index contributed by atoms with van der Waals surface area (Å²) in [5.74, 6) is 2.05. The van der Waals surface area contributed by atoms with E-state index in [9.17, 15) is 9.00 Å². The summed E-state index contributed by atoms with van der Waals surface area (Å²) in [4.78, 5) is 13.2. The van der Waals surface area contributed by atoms with Crippen LogP contribution in [0.3, 0.4) is 0 Å². The van der Waals surface area contributed by atoms with Crippen LogP contribution < -0.4 is 14.8 Å². The van der Waals surface area contributed by atoms with Gasteiger partial charge in [-0.2, -0.15) is 0 Å². The summed E-state index contributed by atoms with van der Waals surface area (Å²) in [5.41, 5.74) is 1.93. The fourth-order valence-corrected chi connectivity index (χ4v) is 4.28. The van der Waals surface area contributed by atoms with Gasteiger partial charge in [0.15, 0.2) is 5.76 Å². The highest BCUT2D eigenvalue weighted by molar-refractivity contribution is 7.84. The standard InChI is InChI=1S/C23H25NO5S/c1-16-6-4-5-7-22(16)30(26)15-19-10-11-20(29-19)23(25)24-13-12-17-8-9-18(27-2)14-21(17)28-3/h4-11,14H,12-13,15H2,1-3H3,(H,24,25)/t30-/m1/s1. The number of hydrogen-bond donors (Lipinski definition) is 1. The number of benzene rings is 2. The van der Waals surface area contributed by atoms with E-state index in [4.69, 9.17) is 13.9 Å². The van der Waals surface area contributed by atoms with Gasteiger partial charge in [0.2, 0.25) is 0 Å². The number of rotatable bonds is 9. The first-order valence-corrected chi connectivity index (χ1v) is 10.9. The first-order valence-electron chi connectivity index (χ1n) is 9.53. The zero-order valence-electron chi connectivity index (χ0n) is 17.3. The number of aryl methyl sites for hydroxylation is 1. The Balaban J connectivity index is 1.55. The molecule has 0 radical (unpaired) electrons. The van der Waals surface area contributed by atoms with Crippen molar-refractivity contribution in [3.63, 3.8) is 0 Å². The van der Waals surface area contributed by atoms with Crippen molar-refractivity contribution in [2.45, 2.75) is 24.0 Å². The minimum atomic E-state index is -1.23. The average molecular weight is 428 g/mol. The minimum absolute atomic E-state index is 0.202. The van der Waals surface area contributed by atoms with Crippen molar-refractivity contribution in [3.05, 3.63) is 77.2 Å². The molecule has 0 fully saturated rings. The van der Waals surface area contributed by atoms with Crippen LogP contribution in [0.4, 0.5) is 0 Å². The van der Waals surface area contributed by atoms with Crippen LogP contribution in [0.15, 0.2) is 63.9 Å². The van der Waals surface area contributed by atoms with Crippen molar-refractivity contribution in [3.8, 4) is 11.5 Å². The molecule has 1 amide bonds. The molecular weight excluding hydrogens is 402 g/mol. The Hall–Kier alpha value is -3.06. The summed E-state index contributed by atoms with van der Waals surface area (Å²) in [6.45, 7) is 2.35. The molecule has 0 unspecified atom stereocenters. The lowest BCUT2D eigenvalue weighted by atomic mass is 10.1. The number of ether oxygens (including phenoxy) is 2. The predicted octanol–water partition coefficient (Wildman–Crippen LogP) is 3.89. The highest BCUT2D eigenvalue weighted by atomic mass is 32.2. The van der Waals surface area contributed by atoms with Crippen LogP contribution in [-0.4, -0.2) is 30.9 Å². The smallest absolute Gasteiger partial charge is 0.287 e. The third-order valence-corrected chi connectivity index (χ3v) is 6.17. The molecule has 2 aromatic carbocycles. The van der Waals surface area contributed by atoms with Gasteiger partial charge in [-0.15, -0.1) is 0 Å². The van der Waals surface area contributed by atoms with Gasteiger partial charge < -0.3 is 19.2 Å². The van der Waals surface area contributed by atoms with Gasteiger partial charge in [0.05, 0.1) is 30.8 Å². The number of nitrogens with one attached hydrogen (secondary N) is 1. The normalized spacial score (nSPS) is 11.7. The van der Waals surface area contributed by atoms with Crippen LogP contribution in [0, 0.1) is 6.92 Å². The largest absolute Gasteiger partial charge is 0.497 e. The molecule has 1 aromatic heterocycles. The third kappa shape index (κ3) is 5.30. The fourth-order valence-electron chi connectivity index (χ4n) is 3.05. The quantitative estimate of drug-likeness (QED) is 0.561. The van der Waals surface area contributed by atoms with Gasteiger partial charge in [0.1, 0.15) is 17.3 Å². The Labute approximate surface area is 178 Å². The maximum absolute atomic E-state index is 12.6. The molecule has 1 heterocycles. The van der Waals surface area contributed by atoms with E-state index < -0.39 is 10.8 Å². The summed E-state index contributed by atoms with van der Waals surface area (Å²) < 4.78 is 28.8. The second-order valence-corrected chi connectivity index (χ2v) is 8.12. The number of carbonyl (C=O) groups excluding carboxylic acids is 1. The highest BCUT2D eigenvalue weighted by Crippen LogP contribution is 2.24. The van der Waals surface area contributed by atoms with Gasteiger partial charge in [0, 0.05) is 17.5 Å². The van der Waals surface area contributed by atoms with E-state index in [-0.39, 0.29) is 17.4 Å². The minimum Gasteiger partial charge on any atom is -0.497 e. The van der Waals surface area contributed by atoms with E-state index in [0.717, 1.165) is 16.0 Å². The molecule has 7 heteroatoms. The van der Waals surface area contributed by atoms with Gasteiger partial charge in [-0.1, -0.05) is 24.3 Å². The van der Waals surface area contributed by atoms with E-state index in [0.29, 0.717) is 30.2 Å². The highest BCUT2D eigenvalue weighted by Gasteiger charge is 2.15. The van der Waals surface area contributed by atoms with Gasteiger partial charge in [-0.05, 0) is 48.7 Å². The van der Waals surface area contributed by atoms with Crippen LogP contribution in [0.2, 0.25) is 0 Å². The molecule has 6 nitrogen and oxygen atoms in total. The molecule has 0 saturated heterocycles. The van der Waals surface area contributed by atoms with Gasteiger partial charge >= 0.3 is 0 Å².